The van der Waals surface area contributed by atoms with Gasteiger partial charge in [0.1, 0.15) is 6.10 Å². The maximum Gasteiger partial charge on any atom is 0.490 e. The first kappa shape index (κ1) is 37.8. The van der Waals surface area contributed by atoms with Gasteiger partial charge in [0, 0.05) is 44.5 Å². The Kier molecular flexibility index (Phi) is 13.8. The van der Waals surface area contributed by atoms with Crippen molar-refractivity contribution in [3.8, 4) is 5.88 Å². The lowest BCUT2D eigenvalue weighted by Crippen LogP contribution is -2.33. The van der Waals surface area contributed by atoms with E-state index in [9.17, 15) is 39.5 Å². The lowest BCUT2D eigenvalue weighted by atomic mass is 9.98. The van der Waals surface area contributed by atoms with E-state index in [-0.39, 0.29) is 11.7 Å². The number of alkyl halides is 9. The number of ether oxygens (including phenoxy) is 2. The molecule has 0 radical (unpaired) electrons. The zero-order valence-corrected chi connectivity index (χ0v) is 22.1. The Morgan fingerprint density at radius 3 is 1.73 bits per heavy atom. The third-order valence-electron chi connectivity index (χ3n) is 5.33. The number of aliphatic carboxylic acids is 3. The minimum Gasteiger partial charge on any atom is -0.475 e. The summed E-state index contributed by atoms with van der Waals surface area (Å²) in [4.78, 5) is 37.8. The van der Waals surface area contributed by atoms with Gasteiger partial charge in [-0.05, 0) is 24.6 Å². The first-order valence-corrected chi connectivity index (χ1v) is 11.9. The maximum absolute atomic E-state index is 10.6. The van der Waals surface area contributed by atoms with Crippen molar-refractivity contribution in [1.29, 1.82) is 0 Å². The van der Waals surface area contributed by atoms with Crippen molar-refractivity contribution in [3.63, 3.8) is 0 Å². The molecule has 2 aliphatic heterocycles. The van der Waals surface area contributed by atoms with Gasteiger partial charge < -0.3 is 24.8 Å². The fourth-order valence-corrected chi connectivity index (χ4v) is 3.53. The van der Waals surface area contributed by atoms with Gasteiger partial charge in [-0.15, -0.1) is 0 Å². The molecule has 2 atom stereocenters. The highest BCUT2D eigenvalue weighted by Crippen LogP contribution is 2.36. The molecule has 246 valence electrons. The molecule has 0 aliphatic carbocycles. The minimum absolute atomic E-state index is 0.0613. The van der Waals surface area contributed by atoms with E-state index in [1.165, 1.54) is 0 Å². The molecule has 44 heavy (non-hydrogen) atoms. The standard InChI is InChI=1S/C18H21N3O2.3C2HF3O2/c1-3-8-19-15(5-1)12-21-10-7-18(14-21)11-16(13-22-18)23-17-6-2-4-9-20-17;3*3-2(4,5)1(6)7/h1-6,8-9,16H,7,10-14H2;3*(H,6,7)/t16-,18+;;;/m1.../s1. The van der Waals surface area contributed by atoms with Gasteiger partial charge in [0.15, 0.2) is 0 Å². The molecule has 20 heteroatoms. The Labute approximate surface area is 241 Å². The van der Waals surface area contributed by atoms with Crippen molar-refractivity contribution >= 4 is 17.9 Å². The van der Waals surface area contributed by atoms with E-state index in [2.05, 4.69) is 20.9 Å². The number of hydrogen-bond acceptors (Lipinski definition) is 8. The SMILES string of the molecule is O=C(O)C(F)(F)F.O=C(O)C(F)(F)F.O=C(O)C(F)(F)F.c1ccc(CN2CC[C@]3(C[C@@H](Oc4ccccn4)CO3)C2)nc1. The van der Waals surface area contributed by atoms with Gasteiger partial charge in [0.25, 0.3) is 0 Å². The van der Waals surface area contributed by atoms with Gasteiger partial charge in [-0.25, -0.2) is 19.4 Å². The van der Waals surface area contributed by atoms with Crippen molar-refractivity contribution in [1.82, 2.24) is 14.9 Å². The summed E-state index contributed by atoms with van der Waals surface area (Å²) in [5.74, 6) is -7.59. The van der Waals surface area contributed by atoms with E-state index in [4.69, 9.17) is 39.2 Å². The average Bonchev–Trinajstić information content (AvgIpc) is 3.49. The highest BCUT2D eigenvalue weighted by molar-refractivity contribution is 5.73. The summed E-state index contributed by atoms with van der Waals surface area (Å²) < 4.78 is 107. The van der Waals surface area contributed by atoms with Gasteiger partial charge in [0.05, 0.1) is 17.9 Å². The fourth-order valence-electron chi connectivity index (χ4n) is 3.53. The number of pyridine rings is 2. The van der Waals surface area contributed by atoms with E-state index in [0.29, 0.717) is 12.5 Å². The molecular weight excluding hydrogens is 629 g/mol. The smallest absolute Gasteiger partial charge is 0.475 e. The van der Waals surface area contributed by atoms with Crippen LogP contribution in [0.2, 0.25) is 0 Å². The van der Waals surface area contributed by atoms with Crippen LogP contribution in [0.15, 0.2) is 48.8 Å². The predicted octanol–water partition coefficient (Wildman–Crippen LogP) is 4.19. The van der Waals surface area contributed by atoms with Crippen molar-refractivity contribution < 1.29 is 78.7 Å². The topological polar surface area (TPSA) is 159 Å². The number of aromatic nitrogens is 2. The van der Waals surface area contributed by atoms with Crippen LogP contribution in [0.1, 0.15) is 18.5 Å². The van der Waals surface area contributed by atoms with Crippen molar-refractivity contribution in [2.24, 2.45) is 0 Å². The summed E-state index contributed by atoms with van der Waals surface area (Å²) in [5, 5.41) is 21.4. The number of hydrogen-bond donors (Lipinski definition) is 3. The second-order valence-electron chi connectivity index (χ2n) is 8.80. The van der Waals surface area contributed by atoms with Crippen LogP contribution in [-0.4, -0.2) is 98.0 Å². The first-order chi connectivity index (χ1) is 20.1. The van der Waals surface area contributed by atoms with E-state index in [1.54, 1.807) is 6.20 Å². The zero-order chi connectivity index (χ0) is 33.8. The molecule has 11 nitrogen and oxygen atoms in total. The van der Waals surface area contributed by atoms with Gasteiger partial charge in [-0.2, -0.15) is 39.5 Å². The molecule has 2 saturated heterocycles. The monoisotopic (exact) mass is 653 g/mol. The van der Waals surface area contributed by atoms with E-state index < -0.39 is 36.4 Å². The van der Waals surface area contributed by atoms with Crippen molar-refractivity contribution in [3.05, 3.63) is 54.5 Å². The molecule has 2 aliphatic rings. The molecule has 0 amide bonds. The zero-order valence-electron chi connectivity index (χ0n) is 22.1. The molecule has 2 aromatic heterocycles. The van der Waals surface area contributed by atoms with Gasteiger partial charge in [-0.1, -0.05) is 12.1 Å². The molecule has 0 unspecified atom stereocenters. The highest BCUT2D eigenvalue weighted by Gasteiger charge is 2.46. The van der Waals surface area contributed by atoms with Crippen LogP contribution in [0.3, 0.4) is 0 Å². The molecule has 4 heterocycles. The molecule has 3 N–H and O–H groups in total. The average molecular weight is 653 g/mol. The Morgan fingerprint density at radius 1 is 0.841 bits per heavy atom. The Bertz CT molecular complexity index is 1080. The van der Waals surface area contributed by atoms with Crippen LogP contribution in [-0.2, 0) is 25.7 Å². The van der Waals surface area contributed by atoms with Crippen molar-refractivity contribution in [2.75, 3.05) is 19.7 Å². The number of nitrogens with zero attached hydrogens (tertiary/aromatic N) is 3. The Balaban J connectivity index is 0.000000379. The second kappa shape index (κ2) is 16.0. The Hall–Kier alpha value is -4.20. The summed E-state index contributed by atoms with van der Waals surface area (Å²) in [6.45, 7) is 3.53. The number of carboxylic acids is 3. The number of carboxylic acid groups (broad SMARTS) is 3. The third-order valence-corrected chi connectivity index (χ3v) is 5.33. The Morgan fingerprint density at radius 2 is 1.32 bits per heavy atom. The maximum atomic E-state index is 10.6. The summed E-state index contributed by atoms with van der Waals surface area (Å²) in [7, 11) is 0. The van der Waals surface area contributed by atoms with E-state index >= 15 is 0 Å². The number of carbonyl (C=O) groups is 3. The summed E-state index contributed by atoms with van der Waals surface area (Å²) >= 11 is 0. The molecule has 2 aromatic rings. The predicted molar refractivity (Wildman–Crippen MR) is 127 cm³/mol. The highest BCUT2D eigenvalue weighted by atomic mass is 19.4. The number of halogens is 9. The quantitative estimate of drug-likeness (QED) is 0.406. The first-order valence-electron chi connectivity index (χ1n) is 11.9. The fraction of sp³-hybridized carbons (Fsp3) is 0.458. The van der Waals surface area contributed by atoms with Gasteiger partial charge in [-0.3, -0.25) is 9.88 Å². The van der Waals surface area contributed by atoms with Crippen LogP contribution in [0.5, 0.6) is 5.88 Å². The van der Waals surface area contributed by atoms with Crippen LogP contribution >= 0.6 is 0 Å². The summed E-state index contributed by atoms with van der Waals surface area (Å²) in [6, 6.07) is 11.8. The van der Waals surface area contributed by atoms with Crippen molar-refractivity contribution in [2.45, 2.75) is 49.6 Å². The molecule has 1 spiro atoms. The molecule has 0 saturated carbocycles. The van der Waals surface area contributed by atoms with Crippen LogP contribution < -0.4 is 4.74 Å². The van der Waals surface area contributed by atoms with Gasteiger partial charge >= 0.3 is 36.4 Å². The lowest BCUT2D eigenvalue weighted by molar-refractivity contribution is -0.193. The van der Waals surface area contributed by atoms with E-state index in [1.807, 2.05) is 36.5 Å². The lowest BCUT2D eigenvalue weighted by Gasteiger charge is -2.23. The normalized spacial score (nSPS) is 19.8. The summed E-state index contributed by atoms with van der Waals surface area (Å²) in [5.41, 5.74) is 1.05. The van der Waals surface area contributed by atoms with Crippen LogP contribution in [0, 0.1) is 0 Å². The molecule has 4 rings (SSSR count). The summed E-state index contributed by atoms with van der Waals surface area (Å²) in [6.07, 6.45) is -9.56. The third kappa shape index (κ3) is 14.3. The van der Waals surface area contributed by atoms with Gasteiger partial charge in [0.2, 0.25) is 5.88 Å². The molecular formula is C24H24F9N3O8. The molecule has 0 bridgehead atoms. The number of rotatable bonds is 4. The number of likely N-dealkylation sites (tertiary alicyclic amines) is 1. The minimum atomic E-state index is -5.08. The molecule has 0 aromatic carbocycles. The second-order valence-corrected chi connectivity index (χ2v) is 8.80. The largest absolute Gasteiger partial charge is 0.490 e. The van der Waals surface area contributed by atoms with Crippen LogP contribution in [0.25, 0.3) is 0 Å². The van der Waals surface area contributed by atoms with E-state index in [0.717, 1.165) is 38.2 Å². The molecule has 2 fully saturated rings. The van der Waals surface area contributed by atoms with Crippen LogP contribution in [0.4, 0.5) is 39.5 Å².